The van der Waals surface area contributed by atoms with Crippen molar-refractivity contribution in [2.75, 3.05) is 6.61 Å². The zero-order valence-corrected chi connectivity index (χ0v) is 14.9. The highest BCUT2D eigenvalue weighted by molar-refractivity contribution is 5.91. The van der Waals surface area contributed by atoms with E-state index in [1.807, 2.05) is 38.1 Å². The van der Waals surface area contributed by atoms with Gasteiger partial charge in [0.2, 0.25) is 5.91 Å². The summed E-state index contributed by atoms with van der Waals surface area (Å²) in [6.07, 6.45) is 6.59. The lowest BCUT2D eigenvalue weighted by Gasteiger charge is -2.09. The molecule has 2 N–H and O–H groups in total. The number of carbonyl (C=O) groups excluding carboxylic acids is 2. The Morgan fingerprint density at radius 3 is 2.62 bits per heavy atom. The molecule has 0 unspecified atom stereocenters. The first-order valence-corrected chi connectivity index (χ1v) is 8.40. The zero-order valence-electron chi connectivity index (χ0n) is 14.9. The lowest BCUT2D eigenvalue weighted by atomic mass is 10.2. The summed E-state index contributed by atoms with van der Waals surface area (Å²) < 4.78 is 5.42. The summed E-state index contributed by atoms with van der Waals surface area (Å²) in [6, 6.07) is 11.0. The second-order valence-electron chi connectivity index (χ2n) is 5.99. The molecule has 136 valence electrons. The van der Waals surface area contributed by atoms with Gasteiger partial charge in [-0.05, 0) is 49.2 Å². The van der Waals surface area contributed by atoms with Crippen LogP contribution in [0.2, 0.25) is 0 Å². The SMILES string of the molecule is CC(C)NC(=O)COc1ccc(C=CC(=O)NCc2cccnc2)cc1. The summed E-state index contributed by atoms with van der Waals surface area (Å²) in [5, 5.41) is 5.55. The number of benzene rings is 1. The van der Waals surface area contributed by atoms with E-state index in [-0.39, 0.29) is 24.5 Å². The first-order valence-electron chi connectivity index (χ1n) is 8.40. The normalized spacial score (nSPS) is 10.7. The highest BCUT2D eigenvalue weighted by Gasteiger charge is 2.04. The monoisotopic (exact) mass is 353 g/mol. The number of pyridine rings is 1. The van der Waals surface area contributed by atoms with Crippen molar-refractivity contribution in [1.29, 1.82) is 0 Å². The molecule has 0 bridgehead atoms. The Morgan fingerprint density at radius 2 is 1.96 bits per heavy atom. The molecule has 2 amide bonds. The van der Waals surface area contributed by atoms with Crippen molar-refractivity contribution in [2.45, 2.75) is 26.4 Å². The van der Waals surface area contributed by atoms with Crippen LogP contribution in [0.1, 0.15) is 25.0 Å². The van der Waals surface area contributed by atoms with Crippen LogP contribution in [-0.4, -0.2) is 29.4 Å². The molecule has 0 spiro atoms. The smallest absolute Gasteiger partial charge is 0.258 e. The van der Waals surface area contributed by atoms with Gasteiger partial charge in [0.05, 0.1) is 0 Å². The van der Waals surface area contributed by atoms with Crippen molar-refractivity contribution in [3.8, 4) is 5.75 Å². The Bertz CT molecular complexity index is 741. The minimum absolute atomic E-state index is 0.0237. The molecule has 0 radical (unpaired) electrons. The van der Waals surface area contributed by atoms with Gasteiger partial charge in [0.15, 0.2) is 6.61 Å². The summed E-state index contributed by atoms with van der Waals surface area (Å²) in [7, 11) is 0. The standard InChI is InChI=1S/C20H23N3O3/c1-15(2)23-20(25)14-26-18-8-5-16(6-9-18)7-10-19(24)22-13-17-4-3-11-21-12-17/h3-12,15H,13-14H2,1-2H3,(H,22,24)(H,23,25). The first-order chi connectivity index (χ1) is 12.5. The molecule has 0 saturated heterocycles. The van der Waals surface area contributed by atoms with E-state index in [0.717, 1.165) is 11.1 Å². The predicted octanol–water partition coefficient (Wildman–Crippen LogP) is 2.31. The van der Waals surface area contributed by atoms with E-state index in [0.29, 0.717) is 12.3 Å². The van der Waals surface area contributed by atoms with Crippen LogP contribution in [0.3, 0.4) is 0 Å². The number of nitrogens with one attached hydrogen (secondary N) is 2. The average Bonchev–Trinajstić information content (AvgIpc) is 2.64. The minimum atomic E-state index is -0.181. The van der Waals surface area contributed by atoms with Crippen LogP contribution < -0.4 is 15.4 Å². The van der Waals surface area contributed by atoms with Gasteiger partial charge in [-0.25, -0.2) is 0 Å². The quantitative estimate of drug-likeness (QED) is 0.714. The number of aromatic nitrogens is 1. The Balaban J connectivity index is 1.77. The van der Waals surface area contributed by atoms with Gasteiger partial charge in [-0.1, -0.05) is 18.2 Å². The van der Waals surface area contributed by atoms with E-state index in [1.165, 1.54) is 6.08 Å². The van der Waals surface area contributed by atoms with E-state index in [9.17, 15) is 9.59 Å². The molecular weight excluding hydrogens is 330 g/mol. The lowest BCUT2D eigenvalue weighted by Crippen LogP contribution is -2.34. The second-order valence-corrected chi connectivity index (χ2v) is 5.99. The molecule has 2 rings (SSSR count). The third kappa shape index (κ3) is 7.17. The van der Waals surface area contributed by atoms with Crippen LogP contribution >= 0.6 is 0 Å². The molecule has 1 aromatic carbocycles. The number of amides is 2. The summed E-state index contributed by atoms with van der Waals surface area (Å²) in [5.74, 6) is 0.260. The van der Waals surface area contributed by atoms with E-state index < -0.39 is 0 Å². The Labute approximate surface area is 153 Å². The van der Waals surface area contributed by atoms with E-state index in [1.54, 1.807) is 30.6 Å². The fourth-order valence-electron chi connectivity index (χ4n) is 2.11. The molecule has 0 aliphatic carbocycles. The number of hydrogen-bond donors (Lipinski definition) is 2. The Morgan fingerprint density at radius 1 is 1.19 bits per heavy atom. The molecular formula is C20H23N3O3. The molecule has 1 heterocycles. The number of rotatable bonds is 8. The van der Waals surface area contributed by atoms with Crippen molar-refractivity contribution < 1.29 is 14.3 Å². The molecule has 0 fully saturated rings. The molecule has 6 nitrogen and oxygen atoms in total. The van der Waals surface area contributed by atoms with Crippen molar-refractivity contribution >= 4 is 17.9 Å². The largest absolute Gasteiger partial charge is 0.484 e. The number of nitrogens with zero attached hydrogens (tertiary/aromatic N) is 1. The van der Waals surface area contributed by atoms with E-state index in [4.69, 9.17) is 4.74 Å². The molecule has 26 heavy (non-hydrogen) atoms. The minimum Gasteiger partial charge on any atom is -0.484 e. The first kappa shape index (κ1) is 19.2. The fraction of sp³-hybridized carbons (Fsp3) is 0.250. The Kier molecular flexibility index (Phi) is 7.36. The van der Waals surface area contributed by atoms with Gasteiger partial charge in [-0.3, -0.25) is 14.6 Å². The Hall–Kier alpha value is -3.15. The van der Waals surface area contributed by atoms with E-state index in [2.05, 4.69) is 15.6 Å². The maximum atomic E-state index is 11.8. The van der Waals surface area contributed by atoms with Gasteiger partial charge in [0.1, 0.15) is 5.75 Å². The highest BCUT2D eigenvalue weighted by Crippen LogP contribution is 2.13. The van der Waals surface area contributed by atoms with Crippen LogP contribution in [0, 0.1) is 0 Å². The number of carbonyl (C=O) groups is 2. The summed E-state index contributed by atoms with van der Waals surface area (Å²) >= 11 is 0. The maximum Gasteiger partial charge on any atom is 0.258 e. The summed E-state index contributed by atoms with van der Waals surface area (Å²) in [6.45, 7) is 4.20. The van der Waals surface area contributed by atoms with Crippen molar-refractivity contribution in [3.63, 3.8) is 0 Å². The molecule has 0 aliphatic rings. The topological polar surface area (TPSA) is 80.3 Å². The van der Waals surface area contributed by atoms with Gasteiger partial charge in [0, 0.05) is 31.1 Å². The van der Waals surface area contributed by atoms with Gasteiger partial charge in [-0.15, -0.1) is 0 Å². The van der Waals surface area contributed by atoms with Crippen LogP contribution in [0.15, 0.2) is 54.9 Å². The van der Waals surface area contributed by atoms with Crippen molar-refractivity contribution in [2.24, 2.45) is 0 Å². The van der Waals surface area contributed by atoms with Gasteiger partial charge in [0.25, 0.3) is 5.91 Å². The van der Waals surface area contributed by atoms with Crippen LogP contribution in [0.25, 0.3) is 6.08 Å². The van der Waals surface area contributed by atoms with Gasteiger partial charge < -0.3 is 15.4 Å². The molecule has 6 heteroatoms. The molecule has 0 aliphatic heterocycles. The molecule has 2 aromatic rings. The van der Waals surface area contributed by atoms with Gasteiger partial charge >= 0.3 is 0 Å². The number of ether oxygens (including phenoxy) is 1. The molecule has 0 saturated carbocycles. The summed E-state index contributed by atoms with van der Waals surface area (Å²) in [4.78, 5) is 27.4. The highest BCUT2D eigenvalue weighted by atomic mass is 16.5. The predicted molar refractivity (Wildman–Crippen MR) is 100 cm³/mol. The van der Waals surface area contributed by atoms with Crippen LogP contribution in [0.4, 0.5) is 0 Å². The van der Waals surface area contributed by atoms with E-state index >= 15 is 0 Å². The van der Waals surface area contributed by atoms with Crippen molar-refractivity contribution in [3.05, 3.63) is 66.0 Å². The molecule has 1 aromatic heterocycles. The lowest BCUT2D eigenvalue weighted by molar-refractivity contribution is -0.123. The van der Waals surface area contributed by atoms with Crippen molar-refractivity contribution in [1.82, 2.24) is 15.6 Å². The maximum absolute atomic E-state index is 11.8. The second kappa shape index (κ2) is 9.98. The summed E-state index contributed by atoms with van der Waals surface area (Å²) in [5.41, 5.74) is 1.80. The third-order valence-electron chi connectivity index (χ3n) is 3.32. The van der Waals surface area contributed by atoms with Crippen LogP contribution in [-0.2, 0) is 16.1 Å². The number of hydrogen-bond acceptors (Lipinski definition) is 4. The zero-order chi connectivity index (χ0) is 18.8. The average molecular weight is 353 g/mol. The van der Waals surface area contributed by atoms with Crippen LogP contribution in [0.5, 0.6) is 5.75 Å². The molecule has 0 atom stereocenters. The van der Waals surface area contributed by atoms with Gasteiger partial charge in [-0.2, -0.15) is 0 Å². The third-order valence-corrected chi connectivity index (χ3v) is 3.32. The fourth-order valence-corrected chi connectivity index (χ4v) is 2.11.